The van der Waals surface area contributed by atoms with Gasteiger partial charge in [-0.05, 0) is 43.0 Å². The van der Waals surface area contributed by atoms with Gasteiger partial charge in [0.15, 0.2) is 0 Å². The summed E-state index contributed by atoms with van der Waals surface area (Å²) in [5.41, 5.74) is 1.60. The Morgan fingerprint density at radius 1 is 1.14 bits per heavy atom. The van der Waals surface area contributed by atoms with Crippen molar-refractivity contribution < 1.29 is 8.78 Å². The van der Waals surface area contributed by atoms with Crippen molar-refractivity contribution in [2.75, 3.05) is 7.05 Å². The van der Waals surface area contributed by atoms with Gasteiger partial charge in [0.2, 0.25) is 0 Å². The average Bonchev–Trinajstić information content (AvgIpc) is 3.26. The molecule has 1 nitrogen and oxygen atoms in total. The molecule has 2 aromatic rings. The summed E-state index contributed by atoms with van der Waals surface area (Å²) >= 11 is 5.62. The first kappa shape index (κ1) is 14.5. The van der Waals surface area contributed by atoms with E-state index in [0.29, 0.717) is 11.5 Å². The molecule has 3 unspecified atom stereocenters. The second-order valence-corrected chi connectivity index (χ2v) is 5.88. The van der Waals surface area contributed by atoms with Crippen molar-refractivity contribution >= 4 is 11.6 Å². The van der Waals surface area contributed by atoms with Crippen LogP contribution in [0.2, 0.25) is 5.02 Å². The van der Waals surface area contributed by atoms with Crippen molar-refractivity contribution in [1.29, 1.82) is 0 Å². The van der Waals surface area contributed by atoms with Crippen molar-refractivity contribution in [2.24, 2.45) is 5.92 Å². The van der Waals surface area contributed by atoms with Gasteiger partial charge >= 0.3 is 0 Å². The lowest BCUT2D eigenvalue weighted by molar-refractivity contribution is 0.479. The molecule has 0 saturated heterocycles. The van der Waals surface area contributed by atoms with Crippen molar-refractivity contribution in [1.82, 2.24) is 5.32 Å². The van der Waals surface area contributed by atoms with E-state index in [1.807, 2.05) is 18.2 Å². The van der Waals surface area contributed by atoms with Gasteiger partial charge in [0, 0.05) is 11.6 Å². The minimum atomic E-state index is -0.578. The summed E-state index contributed by atoms with van der Waals surface area (Å²) in [6, 6.07) is 12.2. The Morgan fingerprint density at radius 3 is 2.52 bits per heavy atom. The molecule has 110 valence electrons. The van der Waals surface area contributed by atoms with Crippen molar-refractivity contribution in [2.45, 2.75) is 18.4 Å². The third kappa shape index (κ3) is 2.81. The second-order valence-electron chi connectivity index (χ2n) is 5.47. The van der Waals surface area contributed by atoms with E-state index in [-0.39, 0.29) is 17.0 Å². The van der Waals surface area contributed by atoms with Crippen LogP contribution in [0.25, 0.3) is 0 Å². The first-order chi connectivity index (χ1) is 10.1. The second kappa shape index (κ2) is 5.74. The summed E-state index contributed by atoms with van der Waals surface area (Å²) in [4.78, 5) is 0. The maximum Gasteiger partial charge on any atom is 0.142 e. The summed E-state index contributed by atoms with van der Waals surface area (Å²) in [5.74, 6) is -0.376. The van der Waals surface area contributed by atoms with Crippen LogP contribution in [-0.4, -0.2) is 7.05 Å². The molecule has 0 amide bonds. The Hall–Kier alpha value is -1.45. The Labute approximate surface area is 127 Å². The molecule has 0 aromatic heterocycles. The van der Waals surface area contributed by atoms with Crippen LogP contribution in [0.1, 0.15) is 29.5 Å². The third-order valence-electron chi connectivity index (χ3n) is 4.18. The highest BCUT2D eigenvalue weighted by Crippen LogP contribution is 2.54. The van der Waals surface area contributed by atoms with Gasteiger partial charge < -0.3 is 5.32 Å². The smallest absolute Gasteiger partial charge is 0.142 e. The Balaban J connectivity index is 1.86. The quantitative estimate of drug-likeness (QED) is 0.809. The van der Waals surface area contributed by atoms with Crippen molar-refractivity contribution in [3.63, 3.8) is 0 Å². The van der Waals surface area contributed by atoms with Gasteiger partial charge in [0.1, 0.15) is 11.6 Å². The zero-order valence-electron chi connectivity index (χ0n) is 11.6. The minimum Gasteiger partial charge on any atom is -0.313 e. The van der Waals surface area contributed by atoms with Gasteiger partial charge in [-0.3, -0.25) is 0 Å². The highest BCUT2D eigenvalue weighted by molar-refractivity contribution is 6.30. The van der Waals surface area contributed by atoms with Gasteiger partial charge in [-0.1, -0.05) is 41.9 Å². The SMILES string of the molecule is CNC(c1cc(F)c(Cl)cc1F)C1CC1c1ccccc1. The topological polar surface area (TPSA) is 12.0 Å². The number of hydrogen-bond donors (Lipinski definition) is 1. The molecule has 3 rings (SSSR count). The van der Waals surface area contributed by atoms with Gasteiger partial charge in [-0.15, -0.1) is 0 Å². The van der Waals surface area contributed by atoms with E-state index in [1.54, 1.807) is 7.05 Å². The summed E-state index contributed by atoms with van der Waals surface area (Å²) in [7, 11) is 1.77. The molecule has 0 aliphatic heterocycles. The van der Waals surface area contributed by atoms with Gasteiger partial charge in [-0.2, -0.15) is 0 Å². The van der Waals surface area contributed by atoms with Crippen LogP contribution >= 0.6 is 11.6 Å². The molecule has 2 aromatic carbocycles. The van der Waals surface area contributed by atoms with E-state index in [2.05, 4.69) is 17.4 Å². The number of hydrogen-bond acceptors (Lipinski definition) is 1. The molecule has 21 heavy (non-hydrogen) atoms. The van der Waals surface area contributed by atoms with E-state index >= 15 is 0 Å². The lowest BCUT2D eigenvalue weighted by Gasteiger charge is -2.18. The van der Waals surface area contributed by atoms with Crippen LogP contribution in [0.3, 0.4) is 0 Å². The molecule has 3 atom stereocenters. The molecule has 1 N–H and O–H groups in total. The molecule has 1 saturated carbocycles. The molecule has 1 aliphatic carbocycles. The first-order valence-corrected chi connectivity index (χ1v) is 7.36. The van der Waals surface area contributed by atoms with Crippen molar-refractivity contribution in [3.05, 3.63) is 70.2 Å². The van der Waals surface area contributed by atoms with Crippen LogP contribution in [0, 0.1) is 17.6 Å². The molecule has 1 fully saturated rings. The number of halogens is 3. The van der Waals surface area contributed by atoms with Crippen LogP contribution in [0.5, 0.6) is 0 Å². The van der Waals surface area contributed by atoms with Crippen LogP contribution in [0.4, 0.5) is 8.78 Å². The van der Waals surface area contributed by atoms with Crippen molar-refractivity contribution in [3.8, 4) is 0 Å². The van der Waals surface area contributed by atoms with Crippen LogP contribution in [-0.2, 0) is 0 Å². The standard InChI is InChI=1S/C17H16ClF2N/c1-21-17(13-8-16(20)14(18)9-15(13)19)12-7-11(12)10-5-3-2-4-6-10/h2-6,8-9,11-12,17,21H,7H2,1H3. The minimum absolute atomic E-state index is 0.179. The van der Waals surface area contributed by atoms with Gasteiger partial charge in [-0.25, -0.2) is 8.78 Å². The number of rotatable bonds is 4. The van der Waals surface area contributed by atoms with E-state index < -0.39 is 11.6 Å². The lowest BCUT2D eigenvalue weighted by Crippen LogP contribution is -2.20. The molecule has 0 bridgehead atoms. The normalized spacial score (nSPS) is 22.1. The highest BCUT2D eigenvalue weighted by Gasteiger charge is 2.44. The number of nitrogens with one attached hydrogen (secondary N) is 1. The summed E-state index contributed by atoms with van der Waals surface area (Å²) in [5, 5.41) is 2.94. The predicted octanol–water partition coefficient (Wildman–Crippen LogP) is 4.68. The summed E-state index contributed by atoms with van der Waals surface area (Å²) in [6.45, 7) is 0. The summed E-state index contributed by atoms with van der Waals surface area (Å²) < 4.78 is 27.7. The lowest BCUT2D eigenvalue weighted by atomic mass is 9.98. The van der Waals surface area contributed by atoms with E-state index in [4.69, 9.17) is 11.6 Å². The molecule has 4 heteroatoms. The van der Waals surface area contributed by atoms with Gasteiger partial charge in [0.25, 0.3) is 0 Å². The zero-order chi connectivity index (χ0) is 15.0. The Morgan fingerprint density at radius 2 is 1.86 bits per heavy atom. The van der Waals surface area contributed by atoms with E-state index in [0.717, 1.165) is 12.5 Å². The van der Waals surface area contributed by atoms with E-state index in [9.17, 15) is 8.78 Å². The fourth-order valence-corrected chi connectivity index (χ4v) is 3.19. The fourth-order valence-electron chi connectivity index (χ4n) is 3.04. The fraction of sp³-hybridized carbons (Fsp3) is 0.294. The van der Waals surface area contributed by atoms with Crippen LogP contribution < -0.4 is 5.32 Å². The Kier molecular flexibility index (Phi) is 3.96. The molecule has 1 aliphatic rings. The monoisotopic (exact) mass is 307 g/mol. The Bertz CT molecular complexity index is 645. The third-order valence-corrected chi connectivity index (χ3v) is 4.47. The first-order valence-electron chi connectivity index (χ1n) is 6.98. The van der Waals surface area contributed by atoms with E-state index in [1.165, 1.54) is 11.6 Å². The largest absolute Gasteiger partial charge is 0.313 e. The maximum absolute atomic E-state index is 14.1. The van der Waals surface area contributed by atoms with Gasteiger partial charge in [0.05, 0.1) is 5.02 Å². The molecule has 0 spiro atoms. The molecular formula is C17H16ClF2N. The average molecular weight is 308 g/mol. The molecule has 0 radical (unpaired) electrons. The number of benzene rings is 2. The zero-order valence-corrected chi connectivity index (χ0v) is 12.4. The highest BCUT2D eigenvalue weighted by atomic mass is 35.5. The van der Waals surface area contributed by atoms with Crippen LogP contribution in [0.15, 0.2) is 42.5 Å². The predicted molar refractivity (Wildman–Crippen MR) is 80.5 cm³/mol. The maximum atomic E-state index is 14.1. The molecular weight excluding hydrogens is 292 g/mol. The summed E-state index contributed by atoms with van der Waals surface area (Å²) in [6.07, 6.45) is 0.971. The molecule has 0 heterocycles.